The topological polar surface area (TPSA) is 85.6 Å². The van der Waals surface area contributed by atoms with Crippen LogP contribution in [0.15, 0.2) is 47.4 Å². The normalized spacial score (nSPS) is 10.9. The number of benzene rings is 2. The Morgan fingerprint density at radius 1 is 1.17 bits per heavy atom. The number of carbonyl (C=O) groups is 2. The van der Waals surface area contributed by atoms with Crippen LogP contribution in [0.3, 0.4) is 0 Å². The van der Waals surface area contributed by atoms with Gasteiger partial charge in [-0.3, -0.25) is 9.59 Å². The maximum atomic E-state index is 13.0. The molecule has 0 saturated carbocycles. The number of fused-ring (bicyclic) bond motifs is 1. The lowest BCUT2D eigenvalue weighted by Crippen LogP contribution is -2.21. The minimum atomic E-state index is -0.980. The second kappa shape index (κ2) is 9.32. The fraction of sp³-hybridized carbons (Fsp3) is 0.227. The Balaban J connectivity index is 2.12. The molecule has 3 aromatic rings. The number of pyridine rings is 1. The first-order valence-corrected chi connectivity index (χ1v) is 10.0. The zero-order chi connectivity index (χ0) is 21.8. The van der Waals surface area contributed by atoms with Crippen LogP contribution in [0.4, 0.5) is 0 Å². The monoisotopic (exact) mass is 447 g/mol. The molecule has 3 rings (SSSR count). The average molecular weight is 448 g/mol. The third kappa shape index (κ3) is 4.66. The van der Waals surface area contributed by atoms with E-state index in [1.54, 1.807) is 35.8 Å². The Kier molecular flexibility index (Phi) is 6.80. The summed E-state index contributed by atoms with van der Waals surface area (Å²) in [5.74, 6) is -1.72. The number of aliphatic carboxylic acids is 1. The summed E-state index contributed by atoms with van der Waals surface area (Å²) in [5, 5.41) is 10.2. The van der Waals surface area contributed by atoms with E-state index in [2.05, 4.69) is 0 Å². The van der Waals surface area contributed by atoms with Gasteiger partial charge in [0.15, 0.2) is 0 Å². The van der Waals surface area contributed by atoms with E-state index in [-0.39, 0.29) is 25.1 Å². The van der Waals surface area contributed by atoms with Crippen molar-refractivity contribution in [1.82, 2.24) is 4.57 Å². The van der Waals surface area contributed by atoms with Gasteiger partial charge in [0.2, 0.25) is 5.43 Å². The van der Waals surface area contributed by atoms with Gasteiger partial charge in [0.1, 0.15) is 5.56 Å². The second-order valence-electron chi connectivity index (χ2n) is 6.67. The highest BCUT2D eigenvalue weighted by Crippen LogP contribution is 2.28. The fourth-order valence-corrected chi connectivity index (χ4v) is 3.60. The Hall–Kier alpha value is -2.83. The van der Waals surface area contributed by atoms with Crippen molar-refractivity contribution < 1.29 is 19.4 Å². The van der Waals surface area contributed by atoms with Crippen LogP contribution in [0.2, 0.25) is 10.0 Å². The number of hydrogen-bond donors (Lipinski definition) is 1. The molecule has 0 aliphatic rings. The van der Waals surface area contributed by atoms with Crippen LogP contribution in [-0.4, -0.2) is 28.2 Å². The van der Waals surface area contributed by atoms with E-state index in [0.717, 1.165) is 11.1 Å². The molecule has 30 heavy (non-hydrogen) atoms. The number of nitrogens with zero attached hydrogens (tertiary/aromatic N) is 1. The molecule has 0 aliphatic heterocycles. The molecule has 0 aliphatic carbocycles. The van der Waals surface area contributed by atoms with Gasteiger partial charge < -0.3 is 14.4 Å². The molecule has 8 heteroatoms. The van der Waals surface area contributed by atoms with Gasteiger partial charge >= 0.3 is 11.9 Å². The molecule has 1 N–H and O–H groups in total. The molecule has 0 fully saturated rings. The van der Waals surface area contributed by atoms with Crippen molar-refractivity contribution in [2.24, 2.45) is 0 Å². The van der Waals surface area contributed by atoms with Crippen molar-refractivity contribution in [1.29, 1.82) is 0 Å². The highest BCUT2D eigenvalue weighted by molar-refractivity contribution is 6.42. The molecular weight excluding hydrogens is 429 g/mol. The van der Waals surface area contributed by atoms with Gasteiger partial charge in [0.25, 0.3) is 0 Å². The fourth-order valence-electron chi connectivity index (χ4n) is 3.21. The van der Waals surface area contributed by atoms with Crippen LogP contribution in [0, 0.1) is 0 Å². The van der Waals surface area contributed by atoms with Crippen molar-refractivity contribution in [2.75, 3.05) is 6.61 Å². The smallest absolute Gasteiger partial charge is 0.343 e. The molecule has 0 unspecified atom stereocenters. The summed E-state index contributed by atoms with van der Waals surface area (Å²) in [5.41, 5.74) is 1.54. The quantitative estimate of drug-likeness (QED) is 0.536. The summed E-state index contributed by atoms with van der Waals surface area (Å²) in [6.07, 6.45) is 1.65. The van der Waals surface area contributed by atoms with Crippen molar-refractivity contribution in [3.8, 4) is 0 Å². The number of carboxylic acids is 1. The number of aryl methyl sites for hydroxylation is 1. The van der Waals surface area contributed by atoms with Crippen molar-refractivity contribution >= 4 is 46.0 Å². The summed E-state index contributed by atoms with van der Waals surface area (Å²) >= 11 is 12.4. The molecule has 1 heterocycles. The van der Waals surface area contributed by atoms with Crippen molar-refractivity contribution in [3.05, 3.63) is 79.6 Å². The zero-order valence-electron chi connectivity index (χ0n) is 16.2. The van der Waals surface area contributed by atoms with Gasteiger partial charge in [-0.2, -0.15) is 0 Å². The molecule has 0 radical (unpaired) electrons. The lowest BCUT2D eigenvalue weighted by molar-refractivity contribution is -0.137. The molecule has 1 aromatic heterocycles. The van der Waals surface area contributed by atoms with E-state index in [1.165, 1.54) is 6.20 Å². The molecule has 156 valence electrons. The third-order valence-corrected chi connectivity index (χ3v) is 5.49. The predicted molar refractivity (Wildman–Crippen MR) is 116 cm³/mol. The van der Waals surface area contributed by atoms with Gasteiger partial charge in [-0.1, -0.05) is 41.4 Å². The maximum Gasteiger partial charge on any atom is 0.343 e. The second-order valence-corrected chi connectivity index (χ2v) is 7.46. The summed E-state index contributed by atoms with van der Waals surface area (Å²) in [4.78, 5) is 36.3. The number of aromatic nitrogens is 1. The summed E-state index contributed by atoms with van der Waals surface area (Å²) in [7, 11) is 0. The Bertz CT molecular complexity index is 1190. The summed E-state index contributed by atoms with van der Waals surface area (Å²) < 4.78 is 6.58. The van der Waals surface area contributed by atoms with Gasteiger partial charge in [0.05, 0.1) is 28.6 Å². The summed E-state index contributed by atoms with van der Waals surface area (Å²) in [6.45, 7) is 1.88. The Labute approximate surface area is 182 Å². The number of carboxylic acid groups (broad SMARTS) is 1. The predicted octanol–water partition coefficient (Wildman–Crippen LogP) is 4.55. The maximum absolute atomic E-state index is 13.0. The van der Waals surface area contributed by atoms with Gasteiger partial charge in [-0.25, -0.2) is 4.79 Å². The van der Waals surface area contributed by atoms with E-state index in [0.29, 0.717) is 27.4 Å². The Morgan fingerprint density at radius 3 is 2.63 bits per heavy atom. The number of esters is 1. The first-order chi connectivity index (χ1) is 14.3. The number of ether oxygens (including phenoxy) is 1. The van der Waals surface area contributed by atoms with Crippen LogP contribution in [0.25, 0.3) is 10.9 Å². The van der Waals surface area contributed by atoms with Gasteiger partial charge in [-0.05, 0) is 42.7 Å². The van der Waals surface area contributed by atoms with Gasteiger partial charge in [0, 0.05) is 18.1 Å². The minimum absolute atomic E-state index is 0.109. The van der Waals surface area contributed by atoms with E-state index >= 15 is 0 Å². The molecule has 0 spiro atoms. The number of hydrogen-bond acceptors (Lipinski definition) is 4. The lowest BCUT2D eigenvalue weighted by Gasteiger charge is -2.14. The first-order valence-electron chi connectivity index (χ1n) is 9.29. The highest BCUT2D eigenvalue weighted by atomic mass is 35.5. The van der Waals surface area contributed by atoms with Crippen LogP contribution < -0.4 is 5.43 Å². The van der Waals surface area contributed by atoms with Crippen LogP contribution in [-0.2, 0) is 22.5 Å². The number of rotatable bonds is 7. The first kappa shape index (κ1) is 21.9. The zero-order valence-corrected chi connectivity index (χ0v) is 17.7. The highest BCUT2D eigenvalue weighted by Gasteiger charge is 2.17. The van der Waals surface area contributed by atoms with Crippen LogP contribution in [0.1, 0.15) is 34.8 Å². The molecule has 0 saturated heterocycles. The average Bonchev–Trinajstić information content (AvgIpc) is 2.71. The molecule has 6 nitrogen and oxygen atoms in total. The molecule has 0 amide bonds. The largest absolute Gasteiger partial charge is 0.481 e. The molecule has 2 aromatic carbocycles. The number of halogens is 2. The lowest BCUT2D eigenvalue weighted by atomic mass is 10.0. The minimum Gasteiger partial charge on any atom is -0.481 e. The molecule has 0 atom stereocenters. The van der Waals surface area contributed by atoms with Crippen LogP contribution in [0.5, 0.6) is 0 Å². The molecular formula is C22H19Cl2NO5. The van der Waals surface area contributed by atoms with E-state index in [9.17, 15) is 14.4 Å². The van der Waals surface area contributed by atoms with Gasteiger partial charge in [-0.15, -0.1) is 0 Å². The summed E-state index contributed by atoms with van der Waals surface area (Å²) in [6, 6.07) is 10.6. The van der Waals surface area contributed by atoms with Crippen molar-refractivity contribution in [2.45, 2.75) is 26.3 Å². The van der Waals surface area contributed by atoms with Crippen molar-refractivity contribution in [3.63, 3.8) is 0 Å². The van der Waals surface area contributed by atoms with E-state index in [4.69, 9.17) is 33.0 Å². The third-order valence-electron chi connectivity index (χ3n) is 4.63. The standard InChI is InChI=1S/C22H19Cl2NO5/c1-2-30-22(29)16-12-25(9-8-19(26)27)18-7-6-13(11-15(18)21(16)28)10-14-4-3-5-17(23)20(14)24/h3-7,11-12H,2,8-10H2,1H3,(H,26,27). The number of carbonyl (C=O) groups excluding carboxylic acids is 1. The van der Waals surface area contributed by atoms with E-state index < -0.39 is 17.4 Å². The van der Waals surface area contributed by atoms with E-state index in [1.807, 2.05) is 12.1 Å². The SMILES string of the molecule is CCOC(=O)c1cn(CCC(=O)O)c2ccc(Cc3cccc(Cl)c3Cl)cc2c1=O. The molecule has 0 bridgehead atoms. The Morgan fingerprint density at radius 2 is 1.93 bits per heavy atom. The van der Waals surface area contributed by atoms with Crippen LogP contribution >= 0.6 is 23.2 Å².